The van der Waals surface area contributed by atoms with Gasteiger partial charge in [-0.1, -0.05) is 26.8 Å². The number of hydrogen-bond donors (Lipinski definition) is 2. The van der Waals surface area contributed by atoms with Crippen LogP contribution < -0.4 is 20.1 Å². The first kappa shape index (κ1) is 25.2. The third-order valence-corrected chi connectivity index (χ3v) is 3.64. The number of rotatable bonds is 9. The summed E-state index contributed by atoms with van der Waals surface area (Å²) in [6.07, 6.45) is 5.40. The largest absolute Gasteiger partial charge is 0.497 e. The van der Waals surface area contributed by atoms with Gasteiger partial charge in [-0.3, -0.25) is 14.6 Å². The van der Waals surface area contributed by atoms with Gasteiger partial charge in [-0.25, -0.2) is 0 Å². The number of amides is 2. The highest BCUT2D eigenvalue weighted by molar-refractivity contribution is 6.35. The second kappa shape index (κ2) is 15.2. The number of carbonyl (C=O) groups excluding carboxylic acids is 2. The fourth-order valence-electron chi connectivity index (χ4n) is 2.16. The first-order chi connectivity index (χ1) is 13.5. The molecule has 7 nitrogen and oxygen atoms in total. The molecule has 0 aliphatic rings. The van der Waals surface area contributed by atoms with Gasteiger partial charge in [-0.2, -0.15) is 0 Å². The molecule has 0 bridgehead atoms. The molecule has 0 unspecified atom stereocenters. The molecule has 2 amide bonds. The molecule has 0 heterocycles. The Hall–Kier alpha value is -2.83. The number of carbonyl (C=O) groups is 2. The third-order valence-electron chi connectivity index (χ3n) is 3.64. The second-order valence-electron chi connectivity index (χ2n) is 5.39. The number of nitrogens with zero attached hydrogens (tertiary/aromatic N) is 1. The van der Waals surface area contributed by atoms with Gasteiger partial charge >= 0.3 is 11.8 Å². The Morgan fingerprint density at radius 3 is 2.36 bits per heavy atom. The van der Waals surface area contributed by atoms with Crippen molar-refractivity contribution >= 4 is 17.5 Å². The molecule has 7 heteroatoms. The summed E-state index contributed by atoms with van der Waals surface area (Å²) in [6, 6.07) is 5.26. The number of methoxy groups -OCH3 is 2. The molecule has 1 rings (SSSR count). The molecule has 0 fully saturated rings. The van der Waals surface area contributed by atoms with E-state index >= 15 is 0 Å². The lowest BCUT2D eigenvalue weighted by atomic mass is 10.2. The van der Waals surface area contributed by atoms with Crippen LogP contribution in [0.15, 0.2) is 35.3 Å². The van der Waals surface area contributed by atoms with E-state index in [-0.39, 0.29) is 6.54 Å². The molecule has 0 saturated carbocycles. The number of nitrogens with one attached hydrogen (secondary N) is 2. The first-order valence-corrected chi connectivity index (χ1v) is 9.44. The van der Waals surface area contributed by atoms with Crippen LogP contribution in [0.3, 0.4) is 0 Å². The quantitative estimate of drug-likeness (QED) is 0.500. The normalized spacial score (nSPS) is 10.7. The molecule has 1 aromatic carbocycles. The molecule has 0 aliphatic carbocycles. The van der Waals surface area contributed by atoms with Crippen molar-refractivity contribution in [2.24, 2.45) is 4.99 Å². The summed E-state index contributed by atoms with van der Waals surface area (Å²) in [4.78, 5) is 27.9. The van der Waals surface area contributed by atoms with Gasteiger partial charge in [0.05, 0.1) is 14.2 Å². The smallest absolute Gasteiger partial charge is 0.309 e. The van der Waals surface area contributed by atoms with E-state index in [2.05, 4.69) is 15.6 Å². The number of aliphatic imine (C=N–C) groups is 1. The van der Waals surface area contributed by atoms with Gasteiger partial charge in [-0.15, -0.1) is 0 Å². The minimum absolute atomic E-state index is 0.181. The highest BCUT2D eigenvalue weighted by atomic mass is 16.5. The van der Waals surface area contributed by atoms with Gasteiger partial charge in [0.2, 0.25) is 0 Å². The predicted octanol–water partition coefficient (Wildman–Crippen LogP) is 2.89. The maximum Gasteiger partial charge on any atom is 0.309 e. The Kier molecular flexibility index (Phi) is 13.7. The van der Waals surface area contributed by atoms with Crippen LogP contribution in [0.4, 0.5) is 0 Å². The van der Waals surface area contributed by atoms with E-state index in [9.17, 15) is 9.59 Å². The molecule has 0 spiro atoms. The minimum atomic E-state index is -0.693. The fourth-order valence-corrected chi connectivity index (χ4v) is 2.16. The molecule has 156 valence electrons. The summed E-state index contributed by atoms with van der Waals surface area (Å²) in [5.41, 5.74) is 1.62. The summed E-state index contributed by atoms with van der Waals surface area (Å²) in [6.45, 7) is 6.56. The number of hydrogen-bond acceptors (Lipinski definition) is 5. The lowest BCUT2D eigenvalue weighted by Crippen LogP contribution is -2.40. The monoisotopic (exact) mass is 391 g/mol. The average molecular weight is 392 g/mol. The van der Waals surface area contributed by atoms with Crippen LogP contribution in [-0.2, 0) is 16.1 Å². The molecular formula is C21H33N3O4. The van der Waals surface area contributed by atoms with Gasteiger partial charge in [0.1, 0.15) is 11.5 Å². The first-order valence-electron chi connectivity index (χ1n) is 9.44. The van der Waals surface area contributed by atoms with E-state index in [1.54, 1.807) is 32.4 Å². The van der Waals surface area contributed by atoms with Crippen molar-refractivity contribution in [1.29, 1.82) is 0 Å². The zero-order chi connectivity index (χ0) is 21.4. The highest BCUT2D eigenvalue weighted by Crippen LogP contribution is 2.24. The molecule has 0 aromatic heterocycles. The van der Waals surface area contributed by atoms with Gasteiger partial charge in [-0.05, 0) is 24.6 Å². The summed E-state index contributed by atoms with van der Waals surface area (Å²) in [5.74, 6) is -0.133. The highest BCUT2D eigenvalue weighted by Gasteiger charge is 2.14. The Morgan fingerprint density at radius 1 is 1.11 bits per heavy atom. The topological polar surface area (TPSA) is 89.0 Å². The zero-order valence-electron chi connectivity index (χ0n) is 17.8. The molecule has 0 atom stereocenters. The molecule has 0 saturated heterocycles. The maximum atomic E-state index is 11.9. The summed E-state index contributed by atoms with van der Waals surface area (Å²) in [5, 5.41) is 5.17. The van der Waals surface area contributed by atoms with Crippen LogP contribution in [0.5, 0.6) is 11.5 Å². The van der Waals surface area contributed by atoms with Crippen LogP contribution in [0, 0.1) is 0 Å². The Labute approximate surface area is 168 Å². The maximum absolute atomic E-state index is 11.9. The molecule has 1 aromatic rings. The van der Waals surface area contributed by atoms with Gasteiger partial charge in [0.25, 0.3) is 0 Å². The summed E-state index contributed by atoms with van der Waals surface area (Å²) < 4.78 is 10.4. The lowest BCUT2D eigenvalue weighted by molar-refractivity contribution is -0.139. The van der Waals surface area contributed by atoms with Crippen molar-refractivity contribution in [1.82, 2.24) is 10.6 Å². The standard InChI is InChI=1S/C19H27N3O4.C2H6/c1-5-6-7-15(20-2)10-11-21-18(23)19(24)22-13-14-8-9-16(25-3)12-17(14)26-4;1-2/h6-9,12H,5,10-11,13H2,1-4H3,(H,21,23)(H,22,24);1-2H3/b7-6-,20-15?;. The lowest BCUT2D eigenvalue weighted by Gasteiger charge is -2.11. The Bertz CT molecular complexity index is 670. The molecule has 2 N–H and O–H groups in total. The van der Waals surface area contributed by atoms with Crippen LogP contribution in [0.2, 0.25) is 0 Å². The van der Waals surface area contributed by atoms with Crippen LogP contribution in [0.25, 0.3) is 0 Å². The van der Waals surface area contributed by atoms with Crippen molar-refractivity contribution in [2.45, 2.75) is 40.2 Å². The number of allylic oxidation sites excluding steroid dienone is 2. The van der Waals surface area contributed by atoms with Crippen molar-refractivity contribution < 1.29 is 19.1 Å². The van der Waals surface area contributed by atoms with Crippen LogP contribution >= 0.6 is 0 Å². The number of benzene rings is 1. The SMILES string of the molecule is CC.CC/C=C\C(CCNC(=O)C(=O)NCc1ccc(OC)cc1OC)=NC. The van der Waals surface area contributed by atoms with E-state index < -0.39 is 11.8 Å². The van der Waals surface area contributed by atoms with Crippen molar-refractivity contribution in [3.05, 3.63) is 35.9 Å². The van der Waals surface area contributed by atoms with Crippen molar-refractivity contribution in [2.75, 3.05) is 27.8 Å². The zero-order valence-corrected chi connectivity index (χ0v) is 17.8. The molecule has 28 heavy (non-hydrogen) atoms. The van der Waals surface area contributed by atoms with E-state index in [1.807, 2.05) is 32.9 Å². The third kappa shape index (κ3) is 9.21. The van der Waals surface area contributed by atoms with Gasteiger partial charge < -0.3 is 20.1 Å². The van der Waals surface area contributed by atoms with Crippen molar-refractivity contribution in [3.8, 4) is 11.5 Å². The van der Waals surface area contributed by atoms with E-state index in [0.29, 0.717) is 24.5 Å². The second-order valence-corrected chi connectivity index (χ2v) is 5.39. The van der Waals surface area contributed by atoms with Crippen LogP contribution in [0.1, 0.15) is 39.2 Å². The summed E-state index contributed by atoms with van der Waals surface area (Å²) in [7, 11) is 4.80. The summed E-state index contributed by atoms with van der Waals surface area (Å²) >= 11 is 0. The molecule has 0 radical (unpaired) electrons. The van der Waals surface area contributed by atoms with Crippen LogP contribution in [-0.4, -0.2) is 45.3 Å². The van der Waals surface area contributed by atoms with Gasteiger partial charge in [0, 0.05) is 43.9 Å². The number of ether oxygens (including phenoxy) is 2. The fraction of sp³-hybridized carbons (Fsp3) is 0.476. The Morgan fingerprint density at radius 2 is 1.79 bits per heavy atom. The molecular weight excluding hydrogens is 358 g/mol. The van der Waals surface area contributed by atoms with Gasteiger partial charge in [0.15, 0.2) is 0 Å². The van der Waals surface area contributed by atoms with E-state index in [0.717, 1.165) is 17.7 Å². The van der Waals surface area contributed by atoms with E-state index in [4.69, 9.17) is 9.47 Å². The predicted molar refractivity (Wildman–Crippen MR) is 113 cm³/mol. The molecule has 0 aliphatic heterocycles. The minimum Gasteiger partial charge on any atom is -0.497 e. The average Bonchev–Trinajstić information content (AvgIpc) is 2.75. The van der Waals surface area contributed by atoms with E-state index in [1.165, 1.54) is 7.11 Å². The van der Waals surface area contributed by atoms with Crippen molar-refractivity contribution in [3.63, 3.8) is 0 Å². The Balaban J connectivity index is 0.00000352.